The molecule has 2 aromatic heterocycles. The molecule has 0 atom stereocenters. The van der Waals surface area contributed by atoms with Crippen LogP contribution in [0.3, 0.4) is 0 Å². The molecule has 0 aliphatic carbocycles. The van der Waals surface area contributed by atoms with Gasteiger partial charge in [-0.2, -0.15) is 9.78 Å². The summed E-state index contributed by atoms with van der Waals surface area (Å²) < 4.78 is 6.59. The third-order valence-corrected chi connectivity index (χ3v) is 4.40. The van der Waals surface area contributed by atoms with Crippen LogP contribution in [0.5, 0.6) is 5.75 Å². The van der Waals surface area contributed by atoms with Gasteiger partial charge in [-0.05, 0) is 60.0 Å². The molecule has 0 saturated heterocycles. The fourth-order valence-electron chi connectivity index (χ4n) is 3.05. The van der Waals surface area contributed by atoms with Gasteiger partial charge in [-0.15, -0.1) is 0 Å². The zero-order valence-corrected chi connectivity index (χ0v) is 14.5. The van der Waals surface area contributed by atoms with Crippen molar-refractivity contribution in [2.45, 2.75) is 6.92 Å². The first-order valence-corrected chi connectivity index (χ1v) is 8.26. The number of methoxy groups -OCH3 is 1. The highest BCUT2D eigenvalue weighted by Gasteiger charge is 2.09. The molecule has 0 bridgehead atoms. The summed E-state index contributed by atoms with van der Waals surface area (Å²) in [6.07, 6.45) is 3.34. The van der Waals surface area contributed by atoms with E-state index in [4.69, 9.17) is 4.74 Å². The lowest BCUT2D eigenvalue weighted by molar-refractivity contribution is 0.414. The Morgan fingerprint density at radius 2 is 1.92 bits per heavy atom. The molecule has 5 heteroatoms. The summed E-state index contributed by atoms with van der Waals surface area (Å²) in [4.78, 5) is 17.0. The van der Waals surface area contributed by atoms with Gasteiger partial charge in [0.1, 0.15) is 5.75 Å². The summed E-state index contributed by atoms with van der Waals surface area (Å²) in [7, 11) is 1.66. The van der Waals surface area contributed by atoms with Gasteiger partial charge in [0.2, 0.25) is 0 Å². The number of hydrogen-bond acceptors (Lipinski definition) is 4. The van der Waals surface area contributed by atoms with Gasteiger partial charge >= 0.3 is 0 Å². The molecule has 0 radical (unpaired) electrons. The van der Waals surface area contributed by atoms with Crippen molar-refractivity contribution in [1.82, 2.24) is 14.8 Å². The van der Waals surface area contributed by atoms with E-state index in [1.54, 1.807) is 31.6 Å². The molecular formula is C21H17N3O2. The SMILES string of the molecule is COc1ccc(-c2ccc3c(=O)n(-c4ccccn4)ncc3c2)c(C)c1. The van der Waals surface area contributed by atoms with E-state index in [1.807, 2.05) is 49.4 Å². The first-order valence-electron chi connectivity index (χ1n) is 8.26. The summed E-state index contributed by atoms with van der Waals surface area (Å²) in [5.41, 5.74) is 3.06. The van der Waals surface area contributed by atoms with Gasteiger partial charge in [-0.1, -0.05) is 18.2 Å². The van der Waals surface area contributed by atoms with Gasteiger partial charge in [0, 0.05) is 11.6 Å². The third-order valence-electron chi connectivity index (χ3n) is 4.40. The number of benzene rings is 2. The number of aryl methyl sites for hydroxylation is 1. The highest BCUT2D eigenvalue weighted by Crippen LogP contribution is 2.28. The standard InChI is InChI=1S/C21H17N3O2/c1-14-11-17(26-2)7-9-18(14)15-6-8-19-16(12-15)13-23-24(21(19)25)20-5-3-4-10-22-20/h3-13H,1-2H3. The molecule has 0 aliphatic rings. The number of fused-ring (bicyclic) bond motifs is 1. The average molecular weight is 343 g/mol. The highest BCUT2D eigenvalue weighted by atomic mass is 16.5. The Bertz CT molecular complexity index is 1150. The molecular weight excluding hydrogens is 326 g/mol. The predicted octanol–water partition coefficient (Wildman–Crippen LogP) is 3.76. The van der Waals surface area contributed by atoms with Crippen molar-refractivity contribution < 1.29 is 4.74 Å². The lowest BCUT2D eigenvalue weighted by atomic mass is 9.98. The topological polar surface area (TPSA) is 57.0 Å². The molecule has 0 saturated carbocycles. The molecule has 0 N–H and O–H groups in total. The Morgan fingerprint density at radius 3 is 2.65 bits per heavy atom. The third kappa shape index (κ3) is 2.73. The average Bonchev–Trinajstić information content (AvgIpc) is 2.68. The molecule has 0 amide bonds. The Morgan fingerprint density at radius 1 is 1.04 bits per heavy atom. The monoisotopic (exact) mass is 343 g/mol. The molecule has 4 rings (SSSR count). The number of pyridine rings is 1. The fraction of sp³-hybridized carbons (Fsp3) is 0.0952. The van der Waals surface area contributed by atoms with Crippen molar-refractivity contribution in [2.24, 2.45) is 0 Å². The van der Waals surface area contributed by atoms with Crippen LogP contribution < -0.4 is 10.3 Å². The second kappa shape index (κ2) is 6.44. The summed E-state index contributed by atoms with van der Waals surface area (Å²) in [5.74, 6) is 1.33. The van der Waals surface area contributed by atoms with Crippen molar-refractivity contribution in [3.63, 3.8) is 0 Å². The van der Waals surface area contributed by atoms with Gasteiger partial charge in [-0.25, -0.2) is 4.98 Å². The number of aromatic nitrogens is 3. The van der Waals surface area contributed by atoms with Crippen LogP contribution in [0.4, 0.5) is 0 Å². The smallest absolute Gasteiger partial charge is 0.280 e. The summed E-state index contributed by atoms with van der Waals surface area (Å²) in [5, 5.41) is 5.70. The van der Waals surface area contributed by atoms with Crippen LogP contribution in [0.25, 0.3) is 27.7 Å². The highest BCUT2D eigenvalue weighted by molar-refractivity contribution is 5.86. The Hall–Kier alpha value is -3.47. The van der Waals surface area contributed by atoms with E-state index < -0.39 is 0 Å². The van der Waals surface area contributed by atoms with Crippen LogP contribution >= 0.6 is 0 Å². The first-order chi connectivity index (χ1) is 12.7. The van der Waals surface area contributed by atoms with Crippen molar-refractivity contribution in [2.75, 3.05) is 7.11 Å². The van der Waals surface area contributed by atoms with Gasteiger partial charge in [-0.3, -0.25) is 4.79 Å². The van der Waals surface area contributed by atoms with E-state index in [-0.39, 0.29) is 5.56 Å². The largest absolute Gasteiger partial charge is 0.497 e. The van der Waals surface area contributed by atoms with Crippen LogP contribution in [-0.2, 0) is 0 Å². The van der Waals surface area contributed by atoms with E-state index >= 15 is 0 Å². The molecule has 0 aliphatic heterocycles. The van der Waals surface area contributed by atoms with Gasteiger partial charge in [0.25, 0.3) is 5.56 Å². The second-order valence-corrected chi connectivity index (χ2v) is 6.03. The van der Waals surface area contributed by atoms with Gasteiger partial charge in [0.15, 0.2) is 5.82 Å². The van der Waals surface area contributed by atoms with E-state index in [9.17, 15) is 4.79 Å². The maximum atomic E-state index is 12.8. The zero-order chi connectivity index (χ0) is 18.1. The normalized spacial score (nSPS) is 10.8. The van der Waals surface area contributed by atoms with Crippen molar-refractivity contribution in [1.29, 1.82) is 0 Å². The maximum absolute atomic E-state index is 12.8. The molecule has 4 aromatic rings. The Balaban J connectivity index is 1.83. The van der Waals surface area contributed by atoms with Gasteiger partial charge in [0.05, 0.1) is 18.7 Å². The second-order valence-electron chi connectivity index (χ2n) is 6.03. The van der Waals surface area contributed by atoms with E-state index in [1.165, 1.54) is 4.68 Å². The molecule has 0 spiro atoms. The number of ether oxygens (including phenoxy) is 1. The van der Waals surface area contributed by atoms with E-state index in [0.717, 1.165) is 27.8 Å². The maximum Gasteiger partial charge on any atom is 0.280 e. The van der Waals surface area contributed by atoms with E-state index in [0.29, 0.717) is 11.2 Å². The lowest BCUT2D eigenvalue weighted by Crippen LogP contribution is -2.21. The first kappa shape index (κ1) is 16.0. The quantitative estimate of drug-likeness (QED) is 0.568. The molecule has 2 aromatic carbocycles. The fourth-order valence-corrected chi connectivity index (χ4v) is 3.05. The van der Waals surface area contributed by atoms with Crippen LogP contribution in [0, 0.1) is 6.92 Å². The molecule has 0 fully saturated rings. The summed E-state index contributed by atoms with van der Waals surface area (Å²) in [6.45, 7) is 2.04. The molecule has 26 heavy (non-hydrogen) atoms. The summed E-state index contributed by atoms with van der Waals surface area (Å²) in [6, 6.07) is 17.1. The zero-order valence-electron chi connectivity index (χ0n) is 14.5. The molecule has 0 unspecified atom stereocenters. The molecule has 2 heterocycles. The Kier molecular flexibility index (Phi) is 3.97. The number of rotatable bonds is 3. The molecule has 128 valence electrons. The van der Waals surface area contributed by atoms with Gasteiger partial charge < -0.3 is 4.74 Å². The van der Waals surface area contributed by atoms with Crippen molar-refractivity contribution in [3.8, 4) is 22.7 Å². The van der Waals surface area contributed by atoms with Crippen LogP contribution in [-0.4, -0.2) is 21.9 Å². The molecule has 5 nitrogen and oxygen atoms in total. The minimum absolute atomic E-state index is 0.181. The Labute approximate surface area is 150 Å². The minimum Gasteiger partial charge on any atom is -0.497 e. The number of hydrogen-bond donors (Lipinski definition) is 0. The van der Waals surface area contributed by atoms with Crippen molar-refractivity contribution in [3.05, 3.63) is 82.9 Å². The lowest BCUT2D eigenvalue weighted by Gasteiger charge is -2.10. The van der Waals surface area contributed by atoms with Crippen molar-refractivity contribution >= 4 is 10.8 Å². The van der Waals surface area contributed by atoms with Crippen LogP contribution in [0.2, 0.25) is 0 Å². The van der Waals surface area contributed by atoms with Crippen LogP contribution in [0.1, 0.15) is 5.56 Å². The van der Waals surface area contributed by atoms with Crippen LogP contribution in [0.15, 0.2) is 71.8 Å². The predicted molar refractivity (Wildman–Crippen MR) is 102 cm³/mol. The number of nitrogens with zero attached hydrogens (tertiary/aromatic N) is 3. The summed E-state index contributed by atoms with van der Waals surface area (Å²) >= 11 is 0. The van der Waals surface area contributed by atoms with E-state index in [2.05, 4.69) is 10.1 Å². The minimum atomic E-state index is -0.181.